The average molecular weight is 222 g/mol. The van der Waals surface area contributed by atoms with Gasteiger partial charge in [-0.25, -0.2) is 0 Å². The van der Waals surface area contributed by atoms with Crippen LogP contribution in [-0.2, 0) is 5.60 Å². The Labute approximate surface area is 95.7 Å². The average Bonchev–Trinajstić information content (AvgIpc) is 2.96. The molecule has 0 amide bonds. The Morgan fingerprint density at radius 2 is 1.94 bits per heavy atom. The fourth-order valence-corrected chi connectivity index (χ4v) is 1.92. The third-order valence-electron chi connectivity index (χ3n) is 3.19. The normalized spacial score (nSPS) is 17.6. The van der Waals surface area contributed by atoms with Gasteiger partial charge in [-0.2, -0.15) is 0 Å². The summed E-state index contributed by atoms with van der Waals surface area (Å²) in [7, 11) is 1.51. The summed E-state index contributed by atoms with van der Waals surface area (Å²) in [5.41, 5.74) is 0.959. The lowest BCUT2D eigenvalue weighted by Crippen LogP contribution is -2.08. The summed E-state index contributed by atoms with van der Waals surface area (Å²) in [4.78, 5) is 0. The molecule has 0 aliphatic heterocycles. The summed E-state index contributed by atoms with van der Waals surface area (Å²) >= 11 is 0. The van der Waals surface area contributed by atoms with Crippen LogP contribution in [0.2, 0.25) is 0 Å². The Morgan fingerprint density at radius 3 is 2.38 bits per heavy atom. The molecular formula is C13H18O3. The predicted octanol–water partition coefficient (Wildman–Crippen LogP) is 2.51. The van der Waals surface area contributed by atoms with Gasteiger partial charge in [-0.1, -0.05) is 13.8 Å². The highest BCUT2D eigenvalue weighted by Crippen LogP contribution is 2.51. The highest BCUT2D eigenvalue weighted by atomic mass is 16.5. The van der Waals surface area contributed by atoms with Crippen LogP contribution < -0.4 is 4.74 Å². The van der Waals surface area contributed by atoms with E-state index in [9.17, 15) is 10.2 Å². The lowest BCUT2D eigenvalue weighted by Gasteiger charge is -2.17. The number of phenols is 1. The maximum atomic E-state index is 10.2. The largest absolute Gasteiger partial charge is 0.504 e. The standard InChI is InChI=1S/C13H18O3/c1-8(2)9-6-10(13(15)4-5-13)12(16-3)11(14)7-9/h6-8,14-15H,4-5H2,1-3H3. The van der Waals surface area contributed by atoms with Crippen LogP contribution in [0, 0.1) is 0 Å². The van der Waals surface area contributed by atoms with Crippen molar-refractivity contribution in [2.75, 3.05) is 7.11 Å². The fourth-order valence-electron chi connectivity index (χ4n) is 1.92. The molecule has 1 saturated carbocycles. The Kier molecular flexibility index (Phi) is 2.58. The lowest BCUT2D eigenvalue weighted by molar-refractivity contribution is 0.146. The van der Waals surface area contributed by atoms with Crippen molar-refractivity contribution in [2.24, 2.45) is 0 Å². The summed E-state index contributed by atoms with van der Waals surface area (Å²) < 4.78 is 5.17. The third-order valence-corrected chi connectivity index (χ3v) is 3.19. The van der Waals surface area contributed by atoms with E-state index in [0.717, 1.165) is 24.0 Å². The second-order valence-corrected chi connectivity index (χ2v) is 4.81. The molecular weight excluding hydrogens is 204 g/mol. The molecule has 16 heavy (non-hydrogen) atoms. The molecule has 0 aromatic heterocycles. The van der Waals surface area contributed by atoms with E-state index in [1.165, 1.54) is 7.11 Å². The molecule has 0 spiro atoms. The van der Waals surface area contributed by atoms with Gasteiger partial charge in [-0.3, -0.25) is 0 Å². The number of benzene rings is 1. The zero-order valence-electron chi connectivity index (χ0n) is 9.95. The number of rotatable bonds is 3. The predicted molar refractivity (Wildman–Crippen MR) is 61.9 cm³/mol. The lowest BCUT2D eigenvalue weighted by atomic mass is 9.96. The first kappa shape index (κ1) is 11.3. The van der Waals surface area contributed by atoms with Crippen molar-refractivity contribution in [2.45, 2.75) is 38.2 Å². The van der Waals surface area contributed by atoms with Crippen LogP contribution in [0.1, 0.15) is 43.7 Å². The second kappa shape index (κ2) is 3.67. The van der Waals surface area contributed by atoms with Gasteiger partial charge in [-0.15, -0.1) is 0 Å². The van der Waals surface area contributed by atoms with Crippen LogP contribution >= 0.6 is 0 Å². The Bertz CT molecular complexity index is 406. The van der Waals surface area contributed by atoms with Crippen molar-refractivity contribution in [1.82, 2.24) is 0 Å². The van der Waals surface area contributed by atoms with Gasteiger partial charge < -0.3 is 14.9 Å². The minimum absolute atomic E-state index is 0.115. The molecule has 0 heterocycles. The van der Waals surface area contributed by atoms with E-state index in [1.54, 1.807) is 6.07 Å². The van der Waals surface area contributed by atoms with E-state index in [-0.39, 0.29) is 5.75 Å². The quantitative estimate of drug-likeness (QED) is 0.826. The number of hydrogen-bond acceptors (Lipinski definition) is 3. The van der Waals surface area contributed by atoms with Crippen LogP contribution in [0.5, 0.6) is 11.5 Å². The molecule has 1 aromatic carbocycles. The van der Waals surface area contributed by atoms with Crippen LogP contribution in [0.4, 0.5) is 0 Å². The van der Waals surface area contributed by atoms with E-state index in [1.807, 2.05) is 6.07 Å². The molecule has 0 atom stereocenters. The molecule has 2 N–H and O–H groups in total. The Morgan fingerprint density at radius 1 is 1.31 bits per heavy atom. The molecule has 2 rings (SSSR count). The van der Waals surface area contributed by atoms with Crippen molar-refractivity contribution in [3.05, 3.63) is 23.3 Å². The molecule has 1 fully saturated rings. The van der Waals surface area contributed by atoms with E-state index in [2.05, 4.69) is 13.8 Å². The molecule has 0 unspecified atom stereocenters. The third kappa shape index (κ3) is 1.76. The van der Waals surface area contributed by atoms with E-state index in [4.69, 9.17) is 4.74 Å². The van der Waals surface area contributed by atoms with Crippen molar-refractivity contribution in [3.8, 4) is 11.5 Å². The zero-order chi connectivity index (χ0) is 11.9. The Hall–Kier alpha value is -1.22. The van der Waals surface area contributed by atoms with Gasteiger partial charge in [0.05, 0.1) is 12.7 Å². The number of aliphatic hydroxyl groups is 1. The van der Waals surface area contributed by atoms with Crippen LogP contribution in [-0.4, -0.2) is 17.3 Å². The summed E-state index contributed by atoms with van der Waals surface area (Å²) in [6.07, 6.45) is 1.48. The number of hydrogen-bond donors (Lipinski definition) is 2. The van der Waals surface area contributed by atoms with E-state index < -0.39 is 5.60 Å². The second-order valence-electron chi connectivity index (χ2n) is 4.81. The number of ether oxygens (including phenoxy) is 1. The molecule has 3 heteroatoms. The Balaban J connectivity index is 2.55. The number of phenolic OH excluding ortho intramolecular Hbond substituents is 1. The topological polar surface area (TPSA) is 49.7 Å². The zero-order valence-corrected chi connectivity index (χ0v) is 9.95. The van der Waals surface area contributed by atoms with Gasteiger partial charge in [-0.05, 0) is 36.5 Å². The van der Waals surface area contributed by atoms with Crippen molar-refractivity contribution < 1.29 is 14.9 Å². The first-order valence-corrected chi connectivity index (χ1v) is 5.61. The van der Waals surface area contributed by atoms with Crippen molar-refractivity contribution in [3.63, 3.8) is 0 Å². The van der Waals surface area contributed by atoms with Crippen LogP contribution in [0.15, 0.2) is 12.1 Å². The molecule has 1 aromatic rings. The van der Waals surface area contributed by atoms with Gasteiger partial charge in [0.2, 0.25) is 0 Å². The molecule has 0 bridgehead atoms. The first-order chi connectivity index (χ1) is 7.48. The van der Waals surface area contributed by atoms with E-state index >= 15 is 0 Å². The minimum atomic E-state index is -0.784. The summed E-state index contributed by atoms with van der Waals surface area (Å²) in [6, 6.07) is 3.65. The summed E-state index contributed by atoms with van der Waals surface area (Å²) in [6.45, 7) is 4.12. The fraction of sp³-hybridized carbons (Fsp3) is 0.538. The van der Waals surface area contributed by atoms with Gasteiger partial charge in [0.15, 0.2) is 11.5 Å². The maximum absolute atomic E-state index is 10.2. The van der Waals surface area contributed by atoms with Gasteiger partial charge in [0.1, 0.15) is 0 Å². The van der Waals surface area contributed by atoms with Crippen molar-refractivity contribution >= 4 is 0 Å². The number of methoxy groups -OCH3 is 1. The molecule has 0 radical (unpaired) electrons. The molecule has 3 nitrogen and oxygen atoms in total. The minimum Gasteiger partial charge on any atom is -0.504 e. The summed E-state index contributed by atoms with van der Waals surface area (Å²) in [5, 5.41) is 20.0. The van der Waals surface area contributed by atoms with Gasteiger partial charge in [0, 0.05) is 5.56 Å². The molecule has 1 aliphatic rings. The van der Waals surface area contributed by atoms with Crippen molar-refractivity contribution in [1.29, 1.82) is 0 Å². The summed E-state index contributed by atoms with van der Waals surface area (Å²) in [5.74, 6) is 0.839. The smallest absolute Gasteiger partial charge is 0.166 e. The SMILES string of the molecule is COc1c(O)cc(C(C)C)cc1C1(O)CC1. The highest BCUT2D eigenvalue weighted by molar-refractivity contribution is 5.53. The van der Waals surface area contributed by atoms with Crippen LogP contribution in [0.25, 0.3) is 0 Å². The monoisotopic (exact) mass is 222 g/mol. The maximum Gasteiger partial charge on any atom is 0.166 e. The molecule has 1 aliphatic carbocycles. The highest BCUT2D eigenvalue weighted by Gasteiger charge is 2.45. The van der Waals surface area contributed by atoms with Gasteiger partial charge in [0.25, 0.3) is 0 Å². The first-order valence-electron chi connectivity index (χ1n) is 5.61. The molecule has 88 valence electrons. The van der Waals surface area contributed by atoms with Gasteiger partial charge >= 0.3 is 0 Å². The number of aromatic hydroxyl groups is 1. The molecule has 0 saturated heterocycles. The van der Waals surface area contributed by atoms with Crippen LogP contribution in [0.3, 0.4) is 0 Å². The van der Waals surface area contributed by atoms with E-state index in [0.29, 0.717) is 11.7 Å².